The van der Waals surface area contributed by atoms with E-state index in [4.69, 9.17) is 34.8 Å². The summed E-state index contributed by atoms with van der Waals surface area (Å²) in [6.45, 7) is 1.22. The first-order valence-electron chi connectivity index (χ1n) is 12.4. The van der Waals surface area contributed by atoms with E-state index >= 15 is 0 Å². The summed E-state index contributed by atoms with van der Waals surface area (Å²) in [6, 6.07) is 14.5. The number of halogens is 4. The highest BCUT2D eigenvalue weighted by molar-refractivity contribution is 6.42. The largest absolute Gasteiger partial charge is 0.296 e. The molecule has 5 heteroatoms. The summed E-state index contributed by atoms with van der Waals surface area (Å²) in [5.41, 5.74) is 3.01. The van der Waals surface area contributed by atoms with Gasteiger partial charge in [-0.05, 0) is 99.2 Å². The van der Waals surface area contributed by atoms with Gasteiger partial charge in [0.05, 0.1) is 10.0 Å². The van der Waals surface area contributed by atoms with Crippen molar-refractivity contribution in [1.82, 2.24) is 4.90 Å². The van der Waals surface area contributed by atoms with Crippen molar-refractivity contribution in [1.29, 1.82) is 0 Å². The van der Waals surface area contributed by atoms with Crippen molar-refractivity contribution < 1.29 is 0 Å². The molecule has 0 heterocycles. The first-order chi connectivity index (χ1) is 15.5. The van der Waals surface area contributed by atoms with Crippen LogP contribution in [0.4, 0.5) is 0 Å². The van der Waals surface area contributed by atoms with E-state index in [0.717, 1.165) is 16.9 Å². The van der Waals surface area contributed by atoms with Gasteiger partial charge in [0.2, 0.25) is 0 Å². The summed E-state index contributed by atoms with van der Waals surface area (Å²) < 4.78 is 0. The van der Waals surface area contributed by atoms with E-state index in [9.17, 15) is 0 Å². The lowest BCUT2D eigenvalue weighted by Crippen LogP contribution is -2.50. The Morgan fingerprint density at radius 2 is 1.45 bits per heavy atom. The third kappa shape index (κ3) is 6.62. The summed E-state index contributed by atoms with van der Waals surface area (Å²) in [4.78, 5) is 2.60. The van der Waals surface area contributed by atoms with Crippen LogP contribution < -0.4 is 0 Å². The van der Waals surface area contributed by atoms with Gasteiger partial charge in [-0.1, -0.05) is 78.7 Å². The summed E-state index contributed by atoms with van der Waals surface area (Å²) >= 11 is 18.1. The van der Waals surface area contributed by atoms with Crippen LogP contribution in [0.5, 0.6) is 0 Å². The molecule has 2 aromatic carbocycles. The second-order valence-corrected chi connectivity index (χ2v) is 11.3. The molecule has 182 valence electrons. The van der Waals surface area contributed by atoms with Gasteiger partial charge in [-0.2, -0.15) is 0 Å². The SMILES string of the molecule is CN(CC1CCCCC1)C1(c2ccc(Cl)c(Cl)c2)CCC1.Cl.Clc1ccc(C2CCC2)cc1. The zero-order valence-corrected chi connectivity index (χ0v) is 22.8. The number of hydrogen-bond donors (Lipinski definition) is 0. The molecule has 3 fully saturated rings. The van der Waals surface area contributed by atoms with Gasteiger partial charge in [-0.15, -0.1) is 12.4 Å². The van der Waals surface area contributed by atoms with E-state index in [1.54, 1.807) is 0 Å². The van der Waals surface area contributed by atoms with Crippen molar-refractivity contribution in [3.63, 3.8) is 0 Å². The maximum atomic E-state index is 6.25. The normalized spacial score (nSPS) is 20.2. The van der Waals surface area contributed by atoms with Gasteiger partial charge in [0, 0.05) is 17.1 Å². The van der Waals surface area contributed by atoms with Crippen LogP contribution in [0.25, 0.3) is 0 Å². The molecule has 3 aliphatic carbocycles. The highest BCUT2D eigenvalue weighted by Crippen LogP contribution is 2.47. The molecule has 0 bridgehead atoms. The second-order valence-electron chi connectivity index (χ2n) is 10.1. The predicted octanol–water partition coefficient (Wildman–Crippen LogP) is 9.91. The summed E-state index contributed by atoms with van der Waals surface area (Å²) in [5, 5.41) is 2.18. The van der Waals surface area contributed by atoms with Crippen molar-refractivity contribution in [3.05, 3.63) is 68.7 Å². The molecule has 0 amide bonds. The lowest BCUT2D eigenvalue weighted by Gasteiger charge is -2.50. The van der Waals surface area contributed by atoms with E-state index in [1.807, 2.05) is 18.2 Å². The number of hydrogen-bond acceptors (Lipinski definition) is 1. The van der Waals surface area contributed by atoms with Gasteiger partial charge < -0.3 is 0 Å². The molecule has 0 spiro atoms. The molecule has 33 heavy (non-hydrogen) atoms. The number of nitrogens with zero attached hydrogens (tertiary/aromatic N) is 1. The number of benzene rings is 2. The molecular formula is C28H37Cl4N. The smallest absolute Gasteiger partial charge is 0.0595 e. The molecule has 0 aliphatic heterocycles. The lowest BCUT2D eigenvalue weighted by atomic mass is 9.70. The predicted molar refractivity (Wildman–Crippen MR) is 146 cm³/mol. The average Bonchev–Trinajstić information content (AvgIpc) is 2.71. The van der Waals surface area contributed by atoms with Gasteiger partial charge in [-0.3, -0.25) is 4.90 Å². The molecule has 5 rings (SSSR count). The first-order valence-corrected chi connectivity index (χ1v) is 13.5. The quantitative estimate of drug-likeness (QED) is 0.373. The monoisotopic (exact) mass is 527 g/mol. The van der Waals surface area contributed by atoms with Crippen LogP contribution in [0, 0.1) is 5.92 Å². The van der Waals surface area contributed by atoms with Crippen LogP contribution in [0.1, 0.15) is 87.7 Å². The second kappa shape index (κ2) is 12.5. The van der Waals surface area contributed by atoms with Crippen molar-refractivity contribution in [3.8, 4) is 0 Å². The van der Waals surface area contributed by atoms with Crippen LogP contribution in [0.2, 0.25) is 15.1 Å². The Morgan fingerprint density at radius 3 is 1.97 bits per heavy atom. The molecule has 0 N–H and O–H groups in total. The fraction of sp³-hybridized carbons (Fsp3) is 0.571. The molecule has 0 unspecified atom stereocenters. The van der Waals surface area contributed by atoms with Crippen molar-refractivity contribution in [2.75, 3.05) is 13.6 Å². The Labute approximate surface area is 221 Å². The zero-order valence-electron chi connectivity index (χ0n) is 19.7. The van der Waals surface area contributed by atoms with E-state index in [-0.39, 0.29) is 17.9 Å². The minimum atomic E-state index is 0. The molecule has 0 radical (unpaired) electrons. The maximum Gasteiger partial charge on any atom is 0.0595 e. The average molecular weight is 529 g/mol. The summed E-state index contributed by atoms with van der Waals surface area (Å²) in [5.74, 6) is 1.70. The fourth-order valence-electron chi connectivity index (χ4n) is 5.60. The van der Waals surface area contributed by atoms with Crippen molar-refractivity contribution >= 4 is 47.2 Å². The third-order valence-corrected chi connectivity index (χ3v) is 9.06. The molecule has 0 aromatic heterocycles. The maximum absolute atomic E-state index is 6.25. The molecule has 1 nitrogen and oxygen atoms in total. The van der Waals surface area contributed by atoms with Gasteiger partial charge in [0.15, 0.2) is 0 Å². The van der Waals surface area contributed by atoms with E-state index < -0.39 is 0 Å². The zero-order chi connectivity index (χ0) is 22.6. The van der Waals surface area contributed by atoms with Gasteiger partial charge in [-0.25, -0.2) is 0 Å². The van der Waals surface area contributed by atoms with Crippen LogP contribution in [-0.2, 0) is 5.54 Å². The third-order valence-electron chi connectivity index (χ3n) is 8.07. The Kier molecular flexibility index (Phi) is 10.3. The van der Waals surface area contributed by atoms with Crippen LogP contribution in [0.15, 0.2) is 42.5 Å². The van der Waals surface area contributed by atoms with E-state index in [0.29, 0.717) is 10.0 Å². The molecule has 2 aromatic rings. The first kappa shape index (κ1) is 27.2. The van der Waals surface area contributed by atoms with E-state index in [2.05, 4.69) is 36.2 Å². The Bertz CT molecular complexity index is 868. The highest BCUT2D eigenvalue weighted by Gasteiger charge is 2.43. The molecular weight excluding hydrogens is 492 g/mol. The Morgan fingerprint density at radius 1 is 0.788 bits per heavy atom. The number of rotatable bonds is 5. The van der Waals surface area contributed by atoms with Crippen LogP contribution in [-0.4, -0.2) is 18.5 Å². The minimum Gasteiger partial charge on any atom is -0.296 e. The summed E-state index contributed by atoms with van der Waals surface area (Å²) in [6.07, 6.45) is 15.0. The lowest BCUT2D eigenvalue weighted by molar-refractivity contribution is 0.0178. The topological polar surface area (TPSA) is 3.24 Å². The van der Waals surface area contributed by atoms with Crippen LogP contribution in [0.3, 0.4) is 0 Å². The highest BCUT2D eigenvalue weighted by atomic mass is 35.5. The Balaban J connectivity index is 0.000000215. The van der Waals surface area contributed by atoms with Gasteiger partial charge in [0.1, 0.15) is 0 Å². The van der Waals surface area contributed by atoms with Crippen molar-refractivity contribution in [2.24, 2.45) is 5.92 Å². The van der Waals surface area contributed by atoms with Gasteiger partial charge in [0.25, 0.3) is 0 Å². The molecule has 0 atom stereocenters. The van der Waals surface area contributed by atoms with Crippen LogP contribution >= 0.6 is 47.2 Å². The standard InChI is InChI=1S/C18H25Cl2N.C10H11Cl.ClH/c1-21(13-14-6-3-2-4-7-14)18(10-5-11-18)15-8-9-16(19)17(20)12-15;11-10-6-4-9(5-7-10)8-2-1-3-8;/h8-9,12,14H,2-7,10-11,13H2,1H3;4-8H,1-3H2;1H. The van der Waals surface area contributed by atoms with Crippen molar-refractivity contribution in [2.45, 2.75) is 82.1 Å². The fourth-order valence-corrected chi connectivity index (χ4v) is 6.02. The van der Waals surface area contributed by atoms with E-state index in [1.165, 1.54) is 88.3 Å². The molecule has 3 saturated carbocycles. The minimum absolute atomic E-state index is 0. The van der Waals surface area contributed by atoms with Gasteiger partial charge >= 0.3 is 0 Å². The Hall–Kier alpha value is -0.440. The summed E-state index contributed by atoms with van der Waals surface area (Å²) in [7, 11) is 2.30. The molecule has 3 aliphatic rings. The molecule has 0 saturated heterocycles.